The second-order valence-corrected chi connectivity index (χ2v) is 17.6. The van der Waals surface area contributed by atoms with Gasteiger partial charge in [-0.05, 0) is 137 Å². The lowest BCUT2D eigenvalue weighted by Crippen LogP contribution is -2.31. The van der Waals surface area contributed by atoms with Crippen LogP contribution in [0.1, 0.15) is 39.0 Å². The minimum atomic E-state index is -0.330. The number of fused-ring (bicyclic) bond motifs is 7. The van der Waals surface area contributed by atoms with Gasteiger partial charge in [-0.25, -0.2) is 33.1 Å². The van der Waals surface area contributed by atoms with Gasteiger partial charge in [0, 0.05) is 58.4 Å². The van der Waals surface area contributed by atoms with E-state index in [1.807, 2.05) is 55.5 Å². The predicted octanol–water partition coefficient (Wildman–Crippen LogP) is 12.1. The molecule has 0 aliphatic rings. The Bertz CT molecular complexity index is 3880. The molecule has 6 heterocycles. The molecule has 11 rings (SSSR count). The zero-order valence-electron chi connectivity index (χ0n) is 42.4. The average Bonchev–Trinajstić information content (AvgIpc) is 4.22. The van der Waals surface area contributed by atoms with Crippen molar-refractivity contribution in [3.8, 4) is 40.2 Å². The number of ether oxygens (including phenoxy) is 1. The third kappa shape index (κ3) is 11.1. The van der Waals surface area contributed by atoms with Gasteiger partial charge in [0.1, 0.15) is 24.1 Å². The first kappa shape index (κ1) is 51.5. The second-order valence-electron chi connectivity index (χ2n) is 17.6. The van der Waals surface area contributed by atoms with Crippen LogP contribution in [0.4, 0.5) is 13.2 Å². The fraction of sp³-hybridized carbons (Fsp3) is 0.241. The maximum atomic E-state index is 13.3. The number of halogens is 3. The van der Waals surface area contributed by atoms with E-state index in [9.17, 15) is 22.8 Å². The molecule has 75 heavy (non-hydrogen) atoms. The fourth-order valence-corrected chi connectivity index (χ4v) is 8.64. The van der Waals surface area contributed by atoms with Crippen LogP contribution in [0.3, 0.4) is 0 Å². The summed E-state index contributed by atoms with van der Waals surface area (Å²) >= 11 is 0. The molecule has 0 atom stereocenters. The number of oxazole rings is 3. The number of nitrogens with one attached hydrogen (secondary N) is 1. The average molecular weight is 1020 g/mol. The van der Waals surface area contributed by atoms with Crippen LogP contribution >= 0.6 is 0 Å². The Morgan fingerprint density at radius 2 is 1.01 bits per heavy atom. The van der Waals surface area contributed by atoms with Crippen molar-refractivity contribution in [2.75, 3.05) is 45.9 Å². The van der Waals surface area contributed by atoms with E-state index in [-0.39, 0.29) is 34.1 Å². The first-order chi connectivity index (χ1) is 36.4. The Kier molecular flexibility index (Phi) is 15.6. The highest BCUT2D eigenvalue weighted by molar-refractivity contribution is 6.04. The molecule has 0 saturated heterocycles. The second kappa shape index (κ2) is 22.8. The predicted molar refractivity (Wildman–Crippen MR) is 286 cm³/mol. The smallest absolute Gasteiger partial charge is 0.280 e. The van der Waals surface area contributed by atoms with Crippen molar-refractivity contribution in [2.24, 2.45) is 0 Å². The number of hydrogen-bond donors (Lipinski definition) is 1. The molecule has 5 aromatic carbocycles. The van der Waals surface area contributed by atoms with Crippen molar-refractivity contribution in [3.63, 3.8) is 0 Å². The summed E-state index contributed by atoms with van der Waals surface area (Å²) in [5.74, 6) is 0.550. The van der Waals surface area contributed by atoms with Crippen LogP contribution in [-0.4, -0.2) is 85.2 Å². The minimum absolute atomic E-state index is 0.169. The SMILES string of the molecule is CCN(CC)CCOc1nc2ccccc2c2oc(-c3ccc(F)cc3)nc12.CCN(CC)CCn1c(=O)c2nc(-c3ccc(F)cc3)oc2c2ccccc21.Cc1[nH]c(=O)c2nc(-c3ccc(F)cc3)oc2c1C. The Morgan fingerprint density at radius 3 is 1.57 bits per heavy atom. The maximum absolute atomic E-state index is 13.3. The Morgan fingerprint density at radius 1 is 0.547 bits per heavy atom. The van der Waals surface area contributed by atoms with Gasteiger partial charge in [0.25, 0.3) is 11.1 Å². The number of aromatic amines is 1. The van der Waals surface area contributed by atoms with Crippen molar-refractivity contribution < 1.29 is 31.2 Å². The summed E-state index contributed by atoms with van der Waals surface area (Å²) in [6.07, 6.45) is 0. The highest BCUT2D eigenvalue weighted by Gasteiger charge is 2.21. The Balaban J connectivity index is 0.000000141. The summed E-state index contributed by atoms with van der Waals surface area (Å²) < 4.78 is 64.8. The van der Waals surface area contributed by atoms with Gasteiger partial charge < -0.3 is 37.3 Å². The first-order valence-corrected chi connectivity index (χ1v) is 24.8. The molecule has 0 spiro atoms. The van der Waals surface area contributed by atoms with Crippen LogP contribution < -0.4 is 15.9 Å². The minimum Gasteiger partial charge on any atom is -0.475 e. The van der Waals surface area contributed by atoms with Crippen LogP contribution in [0.25, 0.3) is 89.5 Å². The van der Waals surface area contributed by atoms with Crippen LogP contribution in [0.2, 0.25) is 0 Å². The molecule has 6 aromatic heterocycles. The van der Waals surface area contributed by atoms with E-state index in [0.717, 1.165) is 72.3 Å². The van der Waals surface area contributed by atoms with E-state index in [1.165, 1.54) is 36.4 Å². The number of H-pyrrole nitrogens is 1. The molecule has 0 aliphatic carbocycles. The molecule has 1 N–H and O–H groups in total. The molecule has 384 valence electrons. The zero-order chi connectivity index (χ0) is 52.8. The van der Waals surface area contributed by atoms with E-state index in [4.69, 9.17) is 18.0 Å². The molecular formula is C58H55F3N8O6. The van der Waals surface area contributed by atoms with E-state index in [2.05, 4.69) is 62.4 Å². The van der Waals surface area contributed by atoms with Gasteiger partial charge in [-0.3, -0.25) is 9.59 Å². The number of aromatic nitrogens is 6. The Labute approximate surface area is 429 Å². The summed E-state index contributed by atoms with van der Waals surface area (Å²) in [6.45, 7) is 18.6. The molecule has 17 heteroatoms. The summed E-state index contributed by atoms with van der Waals surface area (Å²) in [5.41, 5.74) is 7.45. The zero-order valence-corrected chi connectivity index (χ0v) is 42.4. The van der Waals surface area contributed by atoms with Gasteiger partial charge >= 0.3 is 0 Å². The molecule has 11 aromatic rings. The molecular weight excluding hydrogens is 962 g/mol. The van der Waals surface area contributed by atoms with E-state index >= 15 is 0 Å². The number of likely N-dealkylation sites (N-methyl/N-ethyl adjacent to an activating group) is 2. The van der Waals surface area contributed by atoms with Crippen LogP contribution in [-0.2, 0) is 6.54 Å². The van der Waals surface area contributed by atoms with Crippen LogP contribution in [0.15, 0.2) is 144 Å². The third-order valence-electron chi connectivity index (χ3n) is 13.1. The third-order valence-corrected chi connectivity index (χ3v) is 13.1. The van der Waals surface area contributed by atoms with Gasteiger partial charge in [-0.15, -0.1) is 0 Å². The fourth-order valence-electron chi connectivity index (χ4n) is 8.64. The lowest BCUT2D eigenvalue weighted by atomic mass is 10.2. The number of aryl methyl sites for hydroxylation is 2. The van der Waals surface area contributed by atoms with Crippen molar-refractivity contribution in [2.45, 2.75) is 48.1 Å². The number of rotatable bonds is 14. The highest BCUT2D eigenvalue weighted by atomic mass is 19.1. The molecule has 0 amide bonds. The van der Waals surface area contributed by atoms with Gasteiger partial charge in [0.2, 0.25) is 23.6 Å². The molecule has 0 fully saturated rings. The normalized spacial score (nSPS) is 11.5. The Hall–Kier alpha value is -8.41. The number of hydrogen-bond acceptors (Lipinski definition) is 12. The van der Waals surface area contributed by atoms with E-state index in [0.29, 0.717) is 81.2 Å². The first-order valence-electron chi connectivity index (χ1n) is 24.8. The number of para-hydroxylation sites is 2. The molecule has 14 nitrogen and oxygen atoms in total. The molecule has 0 aliphatic heterocycles. The quantitative estimate of drug-likeness (QED) is 0.110. The monoisotopic (exact) mass is 1020 g/mol. The lowest BCUT2D eigenvalue weighted by molar-refractivity contribution is 0.220. The molecule has 0 radical (unpaired) electrons. The van der Waals surface area contributed by atoms with Crippen molar-refractivity contribution in [1.82, 2.24) is 39.3 Å². The number of benzene rings is 5. The molecule has 0 bridgehead atoms. The molecule has 0 saturated carbocycles. The number of pyridine rings is 3. The lowest BCUT2D eigenvalue weighted by Gasteiger charge is -2.19. The van der Waals surface area contributed by atoms with Gasteiger partial charge in [-0.2, -0.15) is 0 Å². The van der Waals surface area contributed by atoms with Gasteiger partial charge in [-0.1, -0.05) is 52.0 Å². The van der Waals surface area contributed by atoms with Crippen LogP contribution in [0.5, 0.6) is 5.88 Å². The van der Waals surface area contributed by atoms with Crippen molar-refractivity contribution in [1.29, 1.82) is 0 Å². The summed E-state index contributed by atoms with van der Waals surface area (Å²) in [4.78, 5) is 50.2. The van der Waals surface area contributed by atoms with Crippen LogP contribution in [0, 0.1) is 31.3 Å². The summed E-state index contributed by atoms with van der Waals surface area (Å²) in [6, 6.07) is 33.2. The van der Waals surface area contributed by atoms with Gasteiger partial charge in [0.15, 0.2) is 33.3 Å². The standard InChI is InChI=1S/2C22H22FN3O2.C14H11FN2O2/c1-3-25(4-2)13-14-26-18-8-6-5-7-17(18)20-19(22(26)27)24-21(28-20)15-9-11-16(23)12-10-15;1-3-26(4-2)13-14-27-22-19-20(17-7-5-6-8-18(17)24-22)28-21(25-19)15-9-11-16(23)12-10-15;1-7-8(2)16-13(18)11-12(7)19-14(17-11)9-3-5-10(15)6-4-9/h2*5-12H,3-4,13-14H2,1-2H3;3-6H,1-2H3,(H,16,18). The summed E-state index contributed by atoms with van der Waals surface area (Å²) in [7, 11) is 0. The maximum Gasteiger partial charge on any atom is 0.280 e. The largest absolute Gasteiger partial charge is 0.475 e. The van der Waals surface area contributed by atoms with Crippen molar-refractivity contribution in [3.05, 3.63) is 171 Å². The highest BCUT2D eigenvalue weighted by Crippen LogP contribution is 2.35. The van der Waals surface area contributed by atoms with Crippen molar-refractivity contribution >= 4 is 55.1 Å². The van der Waals surface area contributed by atoms with E-state index < -0.39 is 0 Å². The molecule has 0 unspecified atom stereocenters. The summed E-state index contributed by atoms with van der Waals surface area (Å²) in [5, 5.41) is 1.71. The number of nitrogens with zero attached hydrogens (tertiary/aromatic N) is 7. The topological polar surface area (TPSA) is 162 Å². The van der Waals surface area contributed by atoms with Gasteiger partial charge in [0.05, 0.1) is 11.0 Å². The van der Waals surface area contributed by atoms with E-state index in [1.54, 1.807) is 47.9 Å².